The number of esters is 1. The highest BCUT2D eigenvalue weighted by Crippen LogP contribution is 2.17. The van der Waals surface area contributed by atoms with Gasteiger partial charge in [0, 0.05) is 18.5 Å². The van der Waals surface area contributed by atoms with Gasteiger partial charge in [0.1, 0.15) is 18.4 Å². The number of hydrogen-bond donors (Lipinski definition) is 2. The molecule has 120 valence electrons. The molecular weight excluding hydrogens is 294 g/mol. The van der Waals surface area contributed by atoms with Gasteiger partial charge in [0.05, 0.1) is 25.3 Å². The van der Waals surface area contributed by atoms with Crippen LogP contribution in [-0.2, 0) is 16.0 Å². The van der Waals surface area contributed by atoms with Gasteiger partial charge in [-0.3, -0.25) is 4.79 Å². The lowest BCUT2D eigenvalue weighted by molar-refractivity contribution is -0.140. The Morgan fingerprint density at radius 1 is 1.43 bits per heavy atom. The van der Waals surface area contributed by atoms with E-state index >= 15 is 0 Å². The molecule has 0 aliphatic carbocycles. The first-order valence-electron chi connectivity index (χ1n) is 6.76. The van der Waals surface area contributed by atoms with E-state index in [1.807, 2.05) is 20.8 Å². The number of aliphatic hydroxyl groups is 1. The molecule has 0 radical (unpaired) electrons. The SMILES string of the molecule is COC(=O)CCc1nsnc1OCC(O)CNC(C)(C)C. The zero-order valence-corrected chi connectivity index (χ0v) is 13.7. The first-order valence-corrected chi connectivity index (χ1v) is 7.49. The number of rotatable bonds is 8. The van der Waals surface area contributed by atoms with Crippen molar-refractivity contribution in [2.45, 2.75) is 45.3 Å². The molecule has 1 rings (SSSR count). The Morgan fingerprint density at radius 2 is 2.14 bits per heavy atom. The van der Waals surface area contributed by atoms with Crippen LogP contribution in [0.3, 0.4) is 0 Å². The summed E-state index contributed by atoms with van der Waals surface area (Å²) in [4.78, 5) is 11.1. The molecule has 7 nitrogen and oxygen atoms in total. The predicted octanol–water partition coefficient (Wildman–Crippen LogP) is 0.771. The molecule has 2 N–H and O–H groups in total. The number of nitrogens with zero attached hydrogens (tertiary/aromatic N) is 2. The molecule has 1 aromatic rings. The maximum absolute atomic E-state index is 11.1. The molecular formula is C13H23N3O4S. The molecule has 0 amide bonds. The van der Waals surface area contributed by atoms with Crippen molar-refractivity contribution >= 4 is 17.7 Å². The third-order valence-corrected chi connectivity index (χ3v) is 3.15. The van der Waals surface area contributed by atoms with Gasteiger partial charge in [0.2, 0.25) is 5.88 Å². The first kappa shape index (κ1) is 17.8. The van der Waals surface area contributed by atoms with E-state index in [1.54, 1.807) is 0 Å². The standard InChI is InChI=1S/C13H23N3O4S/c1-13(2,3)14-7-9(17)8-20-12-10(15-21-16-12)5-6-11(18)19-4/h9,14,17H,5-8H2,1-4H3. The molecule has 0 spiro atoms. The number of carbonyl (C=O) groups is 1. The molecule has 0 bridgehead atoms. The minimum atomic E-state index is -0.639. The highest BCUT2D eigenvalue weighted by Gasteiger charge is 2.16. The molecule has 0 fully saturated rings. The Labute approximate surface area is 129 Å². The third kappa shape index (κ3) is 7.35. The van der Waals surface area contributed by atoms with Crippen LogP contribution in [0.15, 0.2) is 0 Å². The van der Waals surface area contributed by atoms with Crippen molar-refractivity contribution in [2.75, 3.05) is 20.3 Å². The number of nitrogens with one attached hydrogen (secondary N) is 1. The third-order valence-electron chi connectivity index (χ3n) is 2.60. The molecule has 0 aliphatic rings. The fourth-order valence-electron chi connectivity index (χ4n) is 1.44. The largest absolute Gasteiger partial charge is 0.473 e. The summed E-state index contributed by atoms with van der Waals surface area (Å²) >= 11 is 1.02. The molecule has 0 saturated carbocycles. The Bertz CT molecular complexity index is 445. The van der Waals surface area contributed by atoms with Crippen molar-refractivity contribution in [1.29, 1.82) is 0 Å². The van der Waals surface area contributed by atoms with Gasteiger partial charge in [-0.15, -0.1) is 4.37 Å². The Kier molecular flexibility index (Phi) is 7.00. The first-order chi connectivity index (χ1) is 9.81. The van der Waals surface area contributed by atoms with Crippen LogP contribution in [0.2, 0.25) is 0 Å². The molecule has 0 aliphatic heterocycles. The van der Waals surface area contributed by atoms with Crippen LogP contribution < -0.4 is 10.1 Å². The Hall–Kier alpha value is -1.25. The van der Waals surface area contributed by atoms with Crippen molar-refractivity contribution in [2.24, 2.45) is 0 Å². The van der Waals surface area contributed by atoms with Gasteiger partial charge in [0.25, 0.3) is 0 Å². The van der Waals surface area contributed by atoms with Crippen LogP contribution in [0.1, 0.15) is 32.9 Å². The highest BCUT2D eigenvalue weighted by atomic mass is 32.1. The van der Waals surface area contributed by atoms with E-state index in [2.05, 4.69) is 18.8 Å². The van der Waals surface area contributed by atoms with Crippen LogP contribution in [-0.4, -0.2) is 51.7 Å². The second-order valence-electron chi connectivity index (χ2n) is 5.69. The maximum atomic E-state index is 11.1. The average Bonchev–Trinajstić information content (AvgIpc) is 2.86. The van der Waals surface area contributed by atoms with E-state index in [1.165, 1.54) is 7.11 Å². The lowest BCUT2D eigenvalue weighted by Crippen LogP contribution is -2.42. The van der Waals surface area contributed by atoms with Crippen LogP contribution in [0, 0.1) is 0 Å². The highest BCUT2D eigenvalue weighted by molar-refractivity contribution is 6.99. The second-order valence-corrected chi connectivity index (χ2v) is 6.22. The van der Waals surface area contributed by atoms with Crippen LogP contribution in [0.5, 0.6) is 5.88 Å². The summed E-state index contributed by atoms with van der Waals surface area (Å²) in [5.74, 6) is 0.0714. The summed E-state index contributed by atoms with van der Waals surface area (Å²) in [6.07, 6.45) is 0.000668. The zero-order chi connectivity index (χ0) is 15.9. The number of hydrogen-bond acceptors (Lipinski definition) is 8. The minimum absolute atomic E-state index is 0.0607. The van der Waals surface area contributed by atoms with Crippen molar-refractivity contribution in [3.05, 3.63) is 5.69 Å². The maximum Gasteiger partial charge on any atom is 0.305 e. The Morgan fingerprint density at radius 3 is 2.76 bits per heavy atom. The van der Waals surface area contributed by atoms with E-state index in [0.29, 0.717) is 24.5 Å². The van der Waals surface area contributed by atoms with Gasteiger partial charge in [-0.05, 0) is 20.8 Å². The van der Waals surface area contributed by atoms with Crippen LogP contribution in [0.4, 0.5) is 0 Å². The molecule has 8 heteroatoms. The fraction of sp³-hybridized carbons (Fsp3) is 0.769. The normalized spacial score (nSPS) is 13.0. The molecule has 0 saturated heterocycles. The summed E-state index contributed by atoms with van der Waals surface area (Å²) in [7, 11) is 1.34. The second kappa shape index (κ2) is 8.26. The minimum Gasteiger partial charge on any atom is -0.473 e. The molecule has 1 aromatic heterocycles. The molecule has 21 heavy (non-hydrogen) atoms. The summed E-state index contributed by atoms with van der Waals surface area (Å²) in [6.45, 7) is 6.62. The van der Waals surface area contributed by atoms with Crippen LogP contribution >= 0.6 is 11.7 Å². The molecule has 1 unspecified atom stereocenters. The van der Waals surface area contributed by atoms with E-state index < -0.39 is 6.10 Å². The zero-order valence-electron chi connectivity index (χ0n) is 12.9. The van der Waals surface area contributed by atoms with Gasteiger partial charge >= 0.3 is 5.97 Å². The van der Waals surface area contributed by atoms with E-state index in [-0.39, 0.29) is 24.5 Å². The van der Waals surface area contributed by atoms with Crippen molar-refractivity contribution < 1.29 is 19.4 Å². The summed E-state index contributed by atoms with van der Waals surface area (Å²) in [6, 6.07) is 0. The number of ether oxygens (including phenoxy) is 2. The predicted molar refractivity (Wildman–Crippen MR) is 79.5 cm³/mol. The average molecular weight is 317 g/mol. The topological polar surface area (TPSA) is 93.6 Å². The number of aliphatic hydroxyl groups excluding tert-OH is 1. The van der Waals surface area contributed by atoms with Crippen molar-refractivity contribution in [3.63, 3.8) is 0 Å². The monoisotopic (exact) mass is 317 g/mol. The summed E-state index contributed by atoms with van der Waals surface area (Å²) < 4.78 is 18.2. The van der Waals surface area contributed by atoms with E-state index in [0.717, 1.165) is 11.7 Å². The lowest BCUT2D eigenvalue weighted by Gasteiger charge is -2.22. The van der Waals surface area contributed by atoms with Gasteiger partial charge in [0.15, 0.2) is 0 Å². The van der Waals surface area contributed by atoms with E-state index in [4.69, 9.17) is 4.74 Å². The number of carbonyl (C=O) groups excluding carboxylic acids is 1. The number of aromatic nitrogens is 2. The van der Waals surface area contributed by atoms with Crippen molar-refractivity contribution in [3.8, 4) is 5.88 Å². The van der Waals surface area contributed by atoms with Crippen molar-refractivity contribution in [1.82, 2.24) is 14.1 Å². The molecule has 0 aromatic carbocycles. The fourth-order valence-corrected chi connectivity index (χ4v) is 1.98. The number of methoxy groups -OCH3 is 1. The molecule has 1 heterocycles. The quantitative estimate of drug-likeness (QED) is 0.684. The smallest absolute Gasteiger partial charge is 0.305 e. The summed E-state index contributed by atoms with van der Waals surface area (Å²) in [5.41, 5.74) is 0.552. The number of aryl methyl sites for hydroxylation is 1. The van der Waals surface area contributed by atoms with Gasteiger partial charge in [-0.2, -0.15) is 4.37 Å². The Balaban J connectivity index is 2.38. The lowest BCUT2D eigenvalue weighted by atomic mass is 10.1. The number of β-amino-alcohol motifs (C(OH)–C–C–N with tert-alkyl or cyclic N) is 1. The van der Waals surface area contributed by atoms with Gasteiger partial charge in [-0.25, -0.2) is 0 Å². The van der Waals surface area contributed by atoms with Crippen LogP contribution in [0.25, 0.3) is 0 Å². The van der Waals surface area contributed by atoms with Gasteiger partial charge < -0.3 is 19.9 Å². The summed E-state index contributed by atoms with van der Waals surface area (Å²) in [5, 5.41) is 13.0. The molecule has 1 atom stereocenters. The van der Waals surface area contributed by atoms with Gasteiger partial charge in [-0.1, -0.05) is 0 Å². The van der Waals surface area contributed by atoms with E-state index in [9.17, 15) is 9.90 Å².